The molecular weight excluding hydrogens is 617 g/mol. The van der Waals surface area contributed by atoms with Crippen molar-refractivity contribution in [3.8, 4) is 0 Å². The molecule has 0 atom stereocenters. The van der Waals surface area contributed by atoms with Crippen LogP contribution < -0.4 is 16.4 Å². The zero-order chi connectivity index (χ0) is 28.6. The van der Waals surface area contributed by atoms with Gasteiger partial charge in [0.25, 0.3) is 5.69 Å². The smallest absolute Gasteiger partial charge is 0.269 e. The third-order valence-electron chi connectivity index (χ3n) is 8.72. The summed E-state index contributed by atoms with van der Waals surface area (Å²) >= 11 is 0. The number of hydrogen-bond donors (Lipinski definition) is 3. The molecule has 3 heterocycles. The molecule has 2 saturated carbocycles. The van der Waals surface area contributed by atoms with Crippen LogP contribution >= 0.6 is 24.8 Å². The second-order valence-corrected chi connectivity index (χ2v) is 13.4. The van der Waals surface area contributed by atoms with E-state index in [9.17, 15) is 18.5 Å². The number of nitro groups is 1. The number of nitrogens with zero attached hydrogens (tertiary/aromatic N) is 6. The van der Waals surface area contributed by atoms with Crippen LogP contribution in [0, 0.1) is 10.1 Å². The Morgan fingerprint density at radius 3 is 2.14 bits per heavy atom. The van der Waals surface area contributed by atoms with Crippen LogP contribution in [0.25, 0.3) is 11.2 Å². The van der Waals surface area contributed by atoms with Gasteiger partial charge in [0.05, 0.1) is 16.1 Å². The van der Waals surface area contributed by atoms with Crippen molar-refractivity contribution in [2.45, 2.75) is 93.3 Å². The van der Waals surface area contributed by atoms with E-state index in [0.29, 0.717) is 43.7 Å². The van der Waals surface area contributed by atoms with Gasteiger partial charge >= 0.3 is 0 Å². The van der Waals surface area contributed by atoms with Crippen LogP contribution in [0.4, 0.5) is 17.5 Å². The molecule has 4 N–H and O–H groups in total. The number of fused-ring (bicyclic) bond motifs is 1. The number of imidazole rings is 1. The van der Waals surface area contributed by atoms with Crippen LogP contribution in [0.15, 0.2) is 35.5 Å². The normalized spacial score (nSPS) is 22.1. The number of anilines is 2. The molecule has 1 saturated heterocycles. The van der Waals surface area contributed by atoms with E-state index in [1.165, 1.54) is 41.4 Å². The Kier molecular flexibility index (Phi) is 10.7. The van der Waals surface area contributed by atoms with Crippen molar-refractivity contribution in [1.82, 2.24) is 23.8 Å². The summed E-state index contributed by atoms with van der Waals surface area (Å²) in [6.07, 6.45) is 11.6. The van der Waals surface area contributed by atoms with Gasteiger partial charge in [-0.2, -0.15) is 14.3 Å². The minimum atomic E-state index is -3.75. The predicted octanol–water partition coefficient (Wildman–Crippen LogP) is 4.64. The molecule has 2 aromatic heterocycles. The van der Waals surface area contributed by atoms with Crippen molar-refractivity contribution in [3.05, 3.63) is 40.7 Å². The standard InChI is InChI=1S/C27H37N9O4S.2ClH/c28-18-5-7-19(8-6-18)31-27-32-25(24-26(33-27)35(17-29-24)21-3-1-2-4-21)30-20-13-15-34(16-14-20)41(39,40)23-11-9-22(10-12-23)36(37)38;;/h9-12,17-21H,1-8,13-16,28H2,(H2,30,31,32,33);2*1H. The van der Waals surface area contributed by atoms with Crippen LogP contribution in [0.1, 0.15) is 70.3 Å². The second-order valence-electron chi connectivity index (χ2n) is 11.5. The van der Waals surface area contributed by atoms with E-state index >= 15 is 0 Å². The Morgan fingerprint density at radius 1 is 0.884 bits per heavy atom. The van der Waals surface area contributed by atoms with Crippen molar-refractivity contribution >= 4 is 63.5 Å². The van der Waals surface area contributed by atoms with Gasteiger partial charge in [-0.3, -0.25) is 10.1 Å². The second kappa shape index (κ2) is 13.9. The number of nitro benzene ring substituents is 1. The highest BCUT2D eigenvalue weighted by Crippen LogP contribution is 2.34. The van der Waals surface area contributed by atoms with Gasteiger partial charge in [0.1, 0.15) is 0 Å². The maximum Gasteiger partial charge on any atom is 0.269 e. The Balaban J connectivity index is 0.00000212. The molecule has 13 nitrogen and oxygen atoms in total. The number of piperidine rings is 1. The molecule has 3 fully saturated rings. The van der Waals surface area contributed by atoms with E-state index in [-0.39, 0.29) is 53.5 Å². The SMILES string of the molecule is Cl.Cl.NC1CCC(Nc2nc(NC3CCN(S(=O)(=O)c4ccc([N+](=O)[O-])cc4)CC3)c3ncn(C4CCCC4)c3n2)CC1. The van der Waals surface area contributed by atoms with Crippen LogP contribution in [0.5, 0.6) is 0 Å². The average molecular weight is 657 g/mol. The molecule has 3 aliphatic rings. The average Bonchev–Trinajstić information content (AvgIpc) is 3.65. The van der Waals surface area contributed by atoms with Gasteiger partial charge in [0.15, 0.2) is 17.0 Å². The number of halogens is 2. The molecule has 0 amide bonds. The predicted molar refractivity (Wildman–Crippen MR) is 170 cm³/mol. The summed E-state index contributed by atoms with van der Waals surface area (Å²) in [5.41, 5.74) is 7.52. The van der Waals surface area contributed by atoms with Gasteiger partial charge in [-0.05, 0) is 63.5 Å². The van der Waals surface area contributed by atoms with Gasteiger partial charge in [0.2, 0.25) is 16.0 Å². The lowest BCUT2D eigenvalue weighted by atomic mass is 9.92. The zero-order valence-electron chi connectivity index (χ0n) is 23.8. The van der Waals surface area contributed by atoms with E-state index in [2.05, 4.69) is 15.2 Å². The maximum atomic E-state index is 13.2. The number of benzene rings is 1. The summed E-state index contributed by atoms with van der Waals surface area (Å²) in [5.74, 6) is 1.25. The number of aromatic nitrogens is 4. The van der Waals surface area contributed by atoms with Gasteiger partial charge in [0, 0.05) is 49.4 Å². The Bertz CT molecular complexity index is 1500. The lowest BCUT2D eigenvalue weighted by Crippen LogP contribution is -2.42. The molecular formula is C27H39Cl2N9O4S. The molecule has 1 aromatic carbocycles. The van der Waals surface area contributed by atoms with Crippen molar-refractivity contribution < 1.29 is 13.3 Å². The highest BCUT2D eigenvalue weighted by molar-refractivity contribution is 7.89. The number of sulfonamides is 1. The maximum absolute atomic E-state index is 13.2. The molecule has 0 radical (unpaired) electrons. The summed E-state index contributed by atoms with van der Waals surface area (Å²) in [4.78, 5) is 25.0. The van der Waals surface area contributed by atoms with E-state index < -0.39 is 14.9 Å². The largest absolute Gasteiger partial charge is 0.365 e. The lowest BCUT2D eigenvalue weighted by molar-refractivity contribution is -0.384. The van der Waals surface area contributed by atoms with Gasteiger partial charge in [-0.25, -0.2) is 13.4 Å². The van der Waals surface area contributed by atoms with Crippen molar-refractivity contribution in [3.63, 3.8) is 0 Å². The number of nitrogens with one attached hydrogen (secondary N) is 2. The molecule has 1 aliphatic heterocycles. The van der Waals surface area contributed by atoms with Crippen LogP contribution in [-0.4, -0.2) is 68.4 Å². The lowest BCUT2D eigenvalue weighted by Gasteiger charge is -2.32. The van der Waals surface area contributed by atoms with Crippen LogP contribution in [0.3, 0.4) is 0 Å². The molecule has 0 bridgehead atoms. The summed E-state index contributed by atoms with van der Waals surface area (Å²) in [7, 11) is -3.75. The summed E-state index contributed by atoms with van der Waals surface area (Å²) in [5, 5.41) is 18.1. The molecule has 0 unspecified atom stereocenters. The molecule has 0 spiro atoms. The Morgan fingerprint density at radius 2 is 1.51 bits per heavy atom. The third-order valence-corrected chi connectivity index (χ3v) is 10.6. The number of hydrogen-bond acceptors (Lipinski definition) is 10. The molecule has 43 heavy (non-hydrogen) atoms. The van der Waals surface area contributed by atoms with Crippen molar-refractivity contribution in [2.24, 2.45) is 5.73 Å². The molecule has 16 heteroatoms. The van der Waals surface area contributed by atoms with Crippen LogP contribution in [0.2, 0.25) is 0 Å². The minimum Gasteiger partial charge on any atom is -0.365 e. The first-order valence-corrected chi connectivity index (χ1v) is 16.0. The minimum absolute atomic E-state index is 0. The van der Waals surface area contributed by atoms with Crippen LogP contribution in [-0.2, 0) is 10.0 Å². The van der Waals surface area contributed by atoms with Crippen molar-refractivity contribution in [2.75, 3.05) is 23.7 Å². The van der Waals surface area contributed by atoms with E-state index in [1.54, 1.807) is 0 Å². The summed E-state index contributed by atoms with van der Waals surface area (Å²) < 4.78 is 30.0. The van der Waals surface area contributed by atoms with Crippen molar-refractivity contribution in [1.29, 1.82) is 0 Å². The first-order chi connectivity index (χ1) is 19.8. The first-order valence-electron chi connectivity index (χ1n) is 14.6. The van der Waals surface area contributed by atoms with E-state index in [4.69, 9.17) is 20.7 Å². The number of rotatable bonds is 8. The highest BCUT2D eigenvalue weighted by Gasteiger charge is 2.31. The fraction of sp³-hybridized carbons (Fsp3) is 0.593. The fourth-order valence-electron chi connectivity index (χ4n) is 6.30. The topological polar surface area (TPSA) is 174 Å². The molecule has 236 valence electrons. The molecule has 6 rings (SSSR count). The molecule has 3 aromatic rings. The Labute approximate surface area is 263 Å². The number of non-ortho nitro benzene ring substituents is 1. The third kappa shape index (κ3) is 7.14. The van der Waals surface area contributed by atoms with Gasteiger partial charge in [-0.15, -0.1) is 24.8 Å². The summed E-state index contributed by atoms with van der Waals surface area (Å²) in [6, 6.07) is 5.96. The number of nitrogens with two attached hydrogens (primary N) is 1. The fourth-order valence-corrected chi connectivity index (χ4v) is 7.77. The van der Waals surface area contributed by atoms with Gasteiger partial charge < -0.3 is 20.9 Å². The molecule has 2 aliphatic carbocycles. The van der Waals surface area contributed by atoms with Gasteiger partial charge in [-0.1, -0.05) is 12.8 Å². The monoisotopic (exact) mass is 655 g/mol. The summed E-state index contributed by atoms with van der Waals surface area (Å²) in [6.45, 7) is 0.657. The van der Waals surface area contributed by atoms with E-state index in [1.807, 2.05) is 6.33 Å². The first kappa shape index (κ1) is 33.1. The van der Waals surface area contributed by atoms with E-state index in [0.717, 1.165) is 49.7 Å². The zero-order valence-corrected chi connectivity index (χ0v) is 26.2. The highest BCUT2D eigenvalue weighted by atomic mass is 35.5. The Hall–Kier alpha value is -2.78. The quantitative estimate of drug-likeness (QED) is 0.229.